The van der Waals surface area contributed by atoms with Gasteiger partial charge >= 0.3 is 0 Å². The van der Waals surface area contributed by atoms with Gasteiger partial charge in [-0.05, 0) is 67.2 Å². The minimum atomic E-state index is -0.323. The molecule has 0 fully saturated rings. The normalized spacial score (nSPS) is 11.7. The van der Waals surface area contributed by atoms with E-state index in [9.17, 15) is 9.59 Å². The van der Waals surface area contributed by atoms with Crippen LogP contribution in [0, 0.1) is 5.92 Å². The number of hydrogen-bond acceptors (Lipinski definition) is 3. The Labute approximate surface area is 197 Å². The van der Waals surface area contributed by atoms with E-state index in [0.717, 1.165) is 31.2 Å². The third-order valence-electron chi connectivity index (χ3n) is 5.17. The summed E-state index contributed by atoms with van der Waals surface area (Å²) in [7, 11) is 0. The third-order valence-corrected chi connectivity index (χ3v) is 5.37. The second-order valence-corrected chi connectivity index (χ2v) is 9.00. The highest BCUT2D eigenvalue weighted by atomic mass is 32.1. The van der Waals surface area contributed by atoms with Gasteiger partial charge < -0.3 is 16.0 Å². The zero-order chi connectivity index (χ0) is 23.5. The molecule has 172 valence electrons. The van der Waals surface area contributed by atoms with Crippen LogP contribution in [-0.4, -0.2) is 16.9 Å². The zero-order valence-corrected chi connectivity index (χ0v) is 20.4. The average molecular weight is 454 g/mol. The number of amides is 2. The first kappa shape index (κ1) is 25.5. The van der Waals surface area contributed by atoms with Crippen molar-refractivity contribution in [2.75, 3.05) is 10.6 Å². The number of rotatable bonds is 10. The Morgan fingerprint density at radius 3 is 2.22 bits per heavy atom. The topological polar surface area (TPSA) is 70.2 Å². The van der Waals surface area contributed by atoms with E-state index in [0.29, 0.717) is 23.7 Å². The molecule has 1 atom stereocenters. The van der Waals surface area contributed by atoms with E-state index in [1.165, 1.54) is 5.56 Å². The largest absolute Gasteiger partial charge is 0.332 e. The molecule has 6 heteroatoms. The van der Waals surface area contributed by atoms with Gasteiger partial charge in [0.05, 0.1) is 5.92 Å². The Morgan fingerprint density at radius 1 is 0.938 bits per heavy atom. The number of anilines is 2. The van der Waals surface area contributed by atoms with E-state index in [1.807, 2.05) is 37.3 Å². The molecular weight excluding hydrogens is 418 g/mol. The van der Waals surface area contributed by atoms with Crippen LogP contribution in [-0.2, 0) is 16.0 Å². The summed E-state index contributed by atoms with van der Waals surface area (Å²) in [4.78, 5) is 24.7. The van der Waals surface area contributed by atoms with Crippen molar-refractivity contribution in [3.63, 3.8) is 0 Å². The number of nitrogens with one attached hydrogen (secondary N) is 3. The monoisotopic (exact) mass is 453 g/mol. The molecule has 32 heavy (non-hydrogen) atoms. The standard InChI is InChI=1S/C26H35N3O2S/c1-5-6-7-11-24(30)27-22-9-8-10-23(17-22)28-26(32)29-25(31)19(4)21-14-12-20(13-15-21)16-18(2)3/h8-10,12-15,17-19H,5-7,11,16H2,1-4H3,(H,27,30)(H2,28,29,31,32). The fourth-order valence-electron chi connectivity index (χ4n) is 3.38. The van der Waals surface area contributed by atoms with Gasteiger partial charge in [0.1, 0.15) is 0 Å². The third kappa shape index (κ3) is 8.79. The molecule has 0 saturated heterocycles. The molecular formula is C26H35N3O2S. The Morgan fingerprint density at radius 2 is 1.59 bits per heavy atom. The molecule has 0 saturated carbocycles. The van der Waals surface area contributed by atoms with Crippen molar-refractivity contribution in [3.05, 3.63) is 59.7 Å². The van der Waals surface area contributed by atoms with Crippen molar-refractivity contribution in [2.24, 2.45) is 5.92 Å². The number of unbranched alkanes of at least 4 members (excludes halogenated alkanes) is 2. The molecule has 0 aliphatic heterocycles. The van der Waals surface area contributed by atoms with Gasteiger partial charge in [-0.2, -0.15) is 0 Å². The highest BCUT2D eigenvalue weighted by Crippen LogP contribution is 2.19. The van der Waals surface area contributed by atoms with Crippen LogP contribution in [0.15, 0.2) is 48.5 Å². The van der Waals surface area contributed by atoms with Crippen LogP contribution >= 0.6 is 12.2 Å². The second kappa shape index (κ2) is 13.0. The van der Waals surface area contributed by atoms with Crippen LogP contribution < -0.4 is 16.0 Å². The van der Waals surface area contributed by atoms with E-state index in [1.54, 1.807) is 6.07 Å². The van der Waals surface area contributed by atoms with E-state index < -0.39 is 0 Å². The molecule has 2 aromatic rings. The summed E-state index contributed by atoms with van der Waals surface area (Å²) >= 11 is 5.32. The molecule has 0 aliphatic rings. The van der Waals surface area contributed by atoms with Crippen LogP contribution in [0.1, 0.15) is 70.4 Å². The van der Waals surface area contributed by atoms with E-state index >= 15 is 0 Å². The van der Waals surface area contributed by atoms with Gasteiger partial charge in [0.25, 0.3) is 0 Å². The zero-order valence-electron chi connectivity index (χ0n) is 19.5. The number of thiocarbonyl (C=S) groups is 1. The van der Waals surface area contributed by atoms with Crippen molar-refractivity contribution >= 4 is 40.5 Å². The SMILES string of the molecule is CCCCCC(=O)Nc1cccc(NC(=S)NC(=O)C(C)c2ccc(CC(C)C)cc2)c1. The maximum Gasteiger partial charge on any atom is 0.233 e. The van der Waals surface area contributed by atoms with E-state index in [-0.39, 0.29) is 22.8 Å². The Kier molecular flexibility index (Phi) is 10.3. The van der Waals surface area contributed by atoms with Crippen molar-refractivity contribution < 1.29 is 9.59 Å². The molecule has 2 aromatic carbocycles. The maximum absolute atomic E-state index is 12.6. The molecule has 0 aliphatic carbocycles. The van der Waals surface area contributed by atoms with Gasteiger partial charge in [0.15, 0.2) is 5.11 Å². The first-order valence-corrected chi connectivity index (χ1v) is 11.8. The fourth-order valence-corrected chi connectivity index (χ4v) is 3.60. The molecule has 0 spiro atoms. The van der Waals surface area contributed by atoms with E-state index in [4.69, 9.17) is 12.2 Å². The lowest BCUT2D eigenvalue weighted by Gasteiger charge is -2.15. The van der Waals surface area contributed by atoms with Crippen molar-refractivity contribution in [3.8, 4) is 0 Å². The summed E-state index contributed by atoms with van der Waals surface area (Å²) in [6.07, 6.45) is 4.54. The lowest BCUT2D eigenvalue weighted by Crippen LogP contribution is -2.36. The van der Waals surface area contributed by atoms with Crippen LogP contribution in [0.25, 0.3) is 0 Å². The second-order valence-electron chi connectivity index (χ2n) is 8.59. The lowest BCUT2D eigenvalue weighted by atomic mass is 9.96. The lowest BCUT2D eigenvalue weighted by molar-refractivity contribution is -0.120. The molecule has 3 N–H and O–H groups in total. The van der Waals surface area contributed by atoms with Gasteiger partial charge in [-0.25, -0.2) is 0 Å². The Bertz CT molecular complexity index is 910. The minimum Gasteiger partial charge on any atom is -0.332 e. The quantitative estimate of drug-likeness (QED) is 0.304. The van der Waals surface area contributed by atoms with Crippen molar-refractivity contribution in [1.29, 1.82) is 0 Å². The molecule has 0 aromatic heterocycles. The Balaban J connectivity index is 1.88. The van der Waals surface area contributed by atoms with Crippen LogP contribution in [0.2, 0.25) is 0 Å². The smallest absolute Gasteiger partial charge is 0.233 e. The van der Waals surface area contributed by atoms with E-state index in [2.05, 4.69) is 48.9 Å². The summed E-state index contributed by atoms with van der Waals surface area (Å²) in [5.74, 6) is 0.105. The molecule has 0 heterocycles. The predicted octanol–water partition coefficient (Wildman–Crippen LogP) is 6.02. The number of carbonyl (C=O) groups excluding carboxylic acids is 2. The molecule has 1 unspecified atom stereocenters. The molecule has 5 nitrogen and oxygen atoms in total. The Hall–Kier alpha value is -2.73. The summed E-state index contributed by atoms with van der Waals surface area (Å²) in [6, 6.07) is 15.5. The first-order valence-electron chi connectivity index (χ1n) is 11.4. The minimum absolute atomic E-state index is 0.000262. The van der Waals surface area contributed by atoms with Crippen LogP contribution in [0.4, 0.5) is 11.4 Å². The van der Waals surface area contributed by atoms with Crippen molar-refractivity contribution in [2.45, 2.75) is 65.7 Å². The molecule has 0 bridgehead atoms. The van der Waals surface area contributed by atoms with Crippen LogP contribution in [0.3, 0.4) is 0 Å². The maximum atomic E-state index is 12.6. The van der Waals surface area contributed by atoms with Gasteiger partial charge in [-0.1, -0.05) is 63.9 Å². The summed E-state index contributed by atoms with van der Waals surface area (Å²) in [5, 5.41) is 8.91. The highest BCUT2D eigenvalue weighted by Gasteiger charge is 2.16. The molecule has 0 radical (unpaired) electrons. The summed E-state index contributed by atoms with van der Waals surface area (Å²) in [5.41, 5.74) is 3.62. The highest BCUT2D eigenvalue weighted by molar-refractivity contribution is 7.80. The number of carbonyl (C=O) groups is 2. The average Bonchev–Trinajstić information content (AvgIpc) is 2.73. The predicted molar refractivity (Wildman–Crippen MR) is 137 cm³/mol. The summed E-state index contributed by atoms with van der Waals surface area (Å²) in [6.45, 7) is 8.35. The number of hydrogen-bond donors (Lipinski definition) is 3. The molecule has 2 amide bonds. The summed E-state index contributed by atoms with van der Waals surface area (Å²) < 4.78 is 0. The van der Waals surface area contributed by atoms with Crippen LogP contribution in [0.5, 0.6) is 0 Å². The van der Waals surface area contributed by atoms with Gasteiger partial charge in [0.2, 0.25) is 11.8 Å². The number of benzene rings is 2. The van der Waals surface area contributed by atoms with Gasteiger partial charge in [0, 0.05) is 17.8 Å². The van der Waals surface area contributed by atoms with Gasteiger partial charge in [-0.15, -0.1) is 0 Å². The first-order chi connectivity index (χ1) is 15.3. The van der Waals surface area contributed by atoms with Gasteiger partial charge in [-0.3, -0.25) is 9.59 Å². The molecule has 2 rings (SSSR count). The fraction of sp³-hybridized carbons (Fsp3) is 0.423. The van der Waals surface area contributed by atoms with Crippen molar-refractivity contribution in [1.82, 2.24) is 5.32 Å².